The number of nitrogens with zero attached hydrogens (tertiary/aromatic N) is 2. The number of β-amino-alcohol motifs (C(OH)–C–C–N with tert-alkyl or cyclic N) is 1. The van der Waals surface area contributed by atoms with Gasteiger partial charge in [0.15, 0.2) is 5.12 Å². The molecule has 2 rings (SSSR count). The van der Waals surface area contributed by atoms with E-state index in [1.807, 2.05) is 0 Å². The summed E-state index contributed by atoms with van der Waals surface area (Å²) in [6.45, 7) is 7.77. The fourth-order valence-corrected chi connectivity index (χ4v) is 3.73. The third-order valence-corrected chi connectivity index (χ3v) is 4.60. The standard InChI is InChI=1S/C15H24N2O5S/c1-10(18)23-11-5-12(19)16(6-11)7-15(21)8-17(9-15)13(20)22-14(2,3)4/h11,21H,5-9H2,1-4H3. The maximum Gasteiger partial charge on any atom is 0.410 e. The second-order valence-electron chi connectivity index (χ2n) is 7.27. The minimum absolute atomic E-state index is 0.0110. The van der Waals surface area contributed by atoms with Gasteiger partial charge in [-0.3, -0.25) is 9.59 Å². The maximum absolute atomic E-state index is 12.0. The van der Waals surface area contributed by atoms with Crippen molar-refractivity contribution in [2.45, 2.75) is 50.6 Å². The number of hydrogen-bond acceptors (Lipinski definition) is 6. The zero-order valence-corrected chi connectivity index (χ0v) is 14.8. The van der Waals surface area contributed by atoms with E-state index >= 15 is 0 Å². The van der Waals surface area contributed by atoms with E-state index in [9.17, 15) is 19.5 Å². The molecule has 2 aliphatic rings. The Labute approximate surface area is 140 Å². The zero-order valence-electron chi connectivity index (χ0n) is 14.0. The summed E-state index contributed by atoms with van der Waals surface area (Å²) in [7, 11) is 0. The molecule has 2 amide bonds. The summed E-state index contributed by atoms with van der Waals surface area (Å²) >= 11 is 1.17. The molecule has 0 radical (unpaired) electrons. The van der Waals surface area contributed by atoms with Crippen LogP contribution in [-0.4, -0.2) is 74.7 Å². The van der Waals surface area contributed by atoms with Crippen LogP contribution < -0.4 is 0 Å². The molecular formula is C15H24N2O5S. The minimum Gasteiger partial charge on any atom is -0.444 e. The van der Waals surface area contributed by atoms with Crippen molar-refractivity contribution in [3.63, 3.8) is 0 Å². The lowest BCUT2D eigenvalue weighted by Crippen LogP contribution is -2.68. The molecule has 7 nitrogen and oxygen atoms in total. The molecule has 8 heteroatoms. The maximum atomic E-state index is 12.0. The van der Waals surface area contributed by atoms with Crippen molar-refractivity contribution in [3.8, 4) is 0 Å². The molecule has 0 aromatic heterocycles. The van der Waals surface area contributed by atoms with Gasteiger partial charge < -0.3 is 19.6 Å². The molecule has 23 heavy (non-hydrogen) atoms. The van der Waals surface area contributed by atoms with Crippen molar-refractivity contribution in [3.05, 3.63) is 0 Å². The number of rotatable bonds is 3. The predicted molar refractivity (Wildman–Crippen MR) is 86.0 cm³/mol. The number of amides is 2. The summed E-state index contributed by atoms with van der Waals surface area (Å²) < 4.78 is 5.24. The van der Waals surface area contributed by atoms with Crippen LogP contribution in [0.1, 0.15) is 34.1 Å². The molecule has 0 aliphatic carbocycles. The topological polar surface area (TPSA) is 87.2 Å². The second-order valence-corrected chi connectivity index (χ2v) is 8.75. The molecule has 2 saturated heterocycles. The number of thioether (sulfide) groups is 1. The van der Waals surface area contributed by atoms with Gasteiger partial charge in [-0.1, -0.05) is 11.8 Å². The Morgan fingerprint density at radius 3 is 2.52 bits per heavy atom. The van der Waals surface area contributed by atoms with Gasteiger partial charge in [0.2, 0.25) is 5.91 Å². The van der Waals surface area contributed by atoms with Crippen LogP contribution in [0.4, 0.5) is 4.79 Å². The molecular weight excluding hydrogens is 320 g/mol. The van der Waals surface area contributed by atoms with Crippen LogP contribution >= 0.6 is 11.8 Å². The second kappa shape index (κ2) is 6.32. The Morgan fingerprint density at radius 1 is 1.39 bits per heavy atom. The van der Waals surface area contributed by atoms with Crippen LogP contribution in [0.25, 0.3) is 0 Å². The lowest BCUT2D eigenvalue weighted by atomic mass is 9.94. The largest absolute Gasteiger partial charge is 0.444 e. The van der Waals surface area contributed by atoms with E-state index in [0.717, 1.165) is 0 Å². The average molecular weight is 344 g/mol. The summed E-state index contributed by atoms with van der Waals surface area (Å²) in [6, 6.07) is 0. The van der Waals surface area contributed by atoms with Gasteiger partial charge >= 0.3 is 6.09 Å². The lowest BCUT2D eigenvalue weighted by molar-refractivity contribution is -0.139. The number of ether oxygens (including phenoxy) is 1. The van der Waals surface area contributed by atoms with E-state index in [4.69, 9.17) is 4.74 Å². The van der Waals surface area contributed by atoms with E-state index in [2.05, 4.69) is 0 Å². The Hall–Kier alpha value is -1.28. The van der Waals surface area contributed by atoms with E-state index in [0.29, 0.717) is 13.0 Å². The number of likely N-dealkylation sites (tertiary alicyclic amines) is 2. The molecule has 0 aromatic carbocycles. The zero-order chi connectivity index (χ0) is 17.4. The van der Waals surface area contributed by atoms with Crippen molar-refractivity contribution in [1.82, 2.24) is 9.80 Å². The summed E-state index contributed by atoms with van der Waals surface area (Å²) in [5.74, 6) is -0.0621. The van der Waals surface area contributed by atoms with Gasteiger partial charge in [-0.25, -0.2) is 4.79 Å². The third kappa shape index (κ3) is 4.84. The Bertz CT molecular complexity index is 510. The number of aliphatic hydroxyl groups is 1. The van der Waals surface area contributed by atoms with Gasteiger partial charge in [-0.05, 0) is 20.8 Å². The van der Waals surface area contributed by atoms with Crippen molar-refractivity contribution < 1.29 is 24.2 Å². The first kappa shape index (κ1) is 18.1. The Kier molecular flexibility index (Phi) is 4.96. The minimum atomic E-state index is -1.09. The lowest BCUT2D eigenvalue weighted by Gasteiger charge is -2.47. The quantitative estimate of drug-likeness (QED) is 0.817. The smallest absolute Gasteiger partial charge is 0.410 e. The molecule has 2 heterocycles. The molecule has 0 bridgehead atoms. The first-order valence-electron chi connectivity index (χ1n) is 7.63. The highest BCUT2D eigenvalue weighted by Gasteiger charge is 2.48. The molecule has 130 valence electrons. The van der Waals surface area contributed by atoms with Crippen LogP contribution in [0, 0.1) is 0 Å². The molecule has 1 unspecified atom stereocenters. The first-order valence-corrected chi connectivity index (χ1v) is 8.51. The summed E-state index contributed by atoms with van der Waals surface area (Å²) in [4.78, 5) is 38.0. The average Bonchev–Trinajstić information content (AvgIpc) is 2.62. The van der Waals surface area contributed by atoms with E-state index in [1.54, 1.807) is 25.7 Å². The molecule has 0 spiro atoms. The van der Waals surface area contributed by atoms with Crippen LogP contribution in [0.3, 0.4) is 0 Å². The van der Waals surface area contributed by atoms with Gasteiger partial charge in [-0.15, -0.1) is 0 Å². The van der Waals surface area contributed by atoms with Gasteiger partial charge in [0, 0.05) is 25.1 Å². The van der Waals surface area contributed by atoms with Crippen molar-refractivity contribution in [1.29, 1.82) is 0 Å². The van der Waals surface area contributed by atoms with Crippen molar-refractivity contribution >= 4 is 28.9 Å². The van der Waals surface area contributed by atoms with Gasteiger partial charge in [0.1, 0.15) is 11.2 Å². The van der Waals surface area contributed by atoms with Gasteiger partial charge in [0.25, 0.3) is 0 Å². The first-order chi connectivity index (χ1) is 10.5. The number of carbonyl (C=O) groups is 3. The van der Waals surface area contributed by atoms with Crippen molar-refractivity contribution in [2.24, 2.45) is 0 Å². The van der Waals surface area contributed by atoms with Crippen LogP contribution in [0.5, 0.6) is 0 Å². The van der Waals surface area contributed by atoms with E-state index < -0.39 is 17.3 Å². The molecule has 2 fully saturated rings. The van der Waals surface area contributed by atoms with Crippen LogP contribution in [0.15, 0.2) is 0 Å². The monoisotopic (exact) mass is 344 g/mol. The summed E-state index contributed by atoms with van der Waals surface area (Å²) in [5.41, 5.74) is -1.67. The molecule has 0 saturated carbocycles. The summed E-state index contributed by atoms with van der Waals surface area (Å²) in [6.07, 6.45) is -0.143. The Balaban J connectivity index is 1.82. The van der Waals surface area contributed by atoms with E-state index in [-0.39, 0.29) is 35.9 Å². The fourth-order valence-electron chi connectivity index (χ4n) is 2.78. The normalized spacial score (nSPS) is 23.7. The van der Waals surface area contributed by atoms with Crippen LogP contribution in [0.2, 0.25) is 0 Å². The molecule has 1 atom stereocenters. The molecule has 2 aliphatic heterocycles. The highest BCUT2D eigenvalue weighted by molar-refractivity contribution is 8.14. The van der Waals surface area contributed by atoms with Gasteiger partial charge in [-0.2, -0.15) is 0 Å². The van der Waals surface area contributed by atoms with Crippen LogP contribution in [-0.2, 0) is 14.3 Å². The Morgan fingerprint density at radius 2 is 2.00 bits per heavy atom. The highest BCUT2D eigenvalue weighted by atomic mass is 32.2. The van der Waals surface area contributed by atoms with E-state index in [1.165, 1.54) is 23.6 Å². The fraction of sp³-hybridized carbons (Fsp3) is 0.800. The highest BCUT2D eigenvalue weighted by Crippen LogP contribution is 2.29. The number of hydrogen-bond donors (Lipinski definition) is 1. The molecule has 1 N–H and O–H groups in total. The summed E-state index contributed by atoms with van der Waals surface area (Å²) in [5, 5.41) is 10.4. The molecule has 0 aromatic rings. The third-order valence-electron chi connectivity index (χ3n) is 3.62. The number of carbonyl (C=O) groups excluding carboxylic acids is 3. The SMILES string of the molecule is CC(=O)SC1CC(=O)N(CC2(O)CN(C(=O)OC(C)(C)C)C2)C1. The van der Waals surface area contributed by atoms with Crippen molar-refractivity contribution in [2.75, 3.05) is 26.2 Å². The predicted octanol–water partition coefficient (Wildman–Crippen LogP) is 0.849. The van der Waals surface area contributed by atoms with Gasteiger partial charge in [0.05, 0.1) is 19.6 Å².